The summed E-state index contributed by atoms with van der Waals surface area (Å²) in [6, 6.07) is 10.2. The third-order valence-corrected chi connectivity index (χ3v) is 3.82. The Morgan fingerprint density at radius 3 is 2.67 bits per heavy atom. The van der Waals surface area contributed by atoms with Gasteiger partial charge in [-0.3, -0.25) is 9.69 Å². The van der Waals surface area contributed by atoms with Gasteiger partial charge in [-0.05, 0) is 6.42 Å². The fourth-order valence-corrected chi connectivity index (χ4v) is 2.73. The zero-order valence-corrected chi connectivity index (χ0v) is 14.2. The minimum atomic E-state index is 0. The SMILES string of the molecule is CCCC1CNCCN1CCC(=O)c1ccccc1.Cl.Cl. The van der Waals surface area contributed by atoms with Gasteiger partial charge in [0.1, 0.15) is 0 Å². The lowest BCUT2D eigenvalue weighted by molar-refractivity contribution is 0.0930. The quantitative estimate of drug-likeness (QED) is 0.812. The Balaban J connectivity index is 0.00000200. The second kappa shape index (κ2) is 11.0. The molecule has 0 radical (unpaired) electrons. The molecule has 0 bridgehead atoms. The summed E-state index contributed by atoms with van der Waals surface area (Å²) in [7, 11) is 0. The lowest BCUT2D eigenvalue weighted by atomic mass is 10.1. The number of halogens is 2. The number of piperazine rings is 1. The Labute approximate surface area is 140 Å². The van der Waals surface area contributed by atoms with Crippen LogP contribution in [-0.4, -0.2) is 42.9 Å². The summed E-state index contributed by atoms with van der Waals surface area (Å²) in [6.45, 7) is 6.28. The number of benzene rings is 1. The summed E-state index contributed by atoms with van der Waals surface area (Å²) in [6.07, 6.45) is 3.05. The van der Waals surface area contributed by atoms with E-state index in [0.29, 0.717) is 12.5 Å². The maximum Gasteiger partial charge on any atom is 0.164 e. The molecule has 1 aliphatic heterocycles. The Morgan fingerprint density at radius 1 is 1.29 bits per heavy atom. The van der Waals surface area contributed by atoms with Gasteiger partial charge in [-0.15, -0.1) is 24.8 Å². The topological polar surface area (TPSA) is 32.3 Å². The Bertz CT molecular complexity index is 399. The van der Waals surface area contributed by atoms with Crippen molar-refractivity contribution in [2.75, 3.05) is 26.2 Å². The van der Waals surface area contributed by atoms with E-state index in [-0.39, 0.29) is 30.6 Å². The molecule has 21 heavy (non-hydrogen) atoms. The number of ketones is 1. The fourth-order valence-electron chi connectivity index (χ4n) is 2.73. The fraction of sp³-hybridized carbons (Fsp3) is 0.562. The van der Waals surface area contributed by atoms with Gasteiger partial charge in [0.05, 0.1) is 0 Å². The molecule has 1 aromatic carbocycles. The molecule has 120 valence electrons. The maximum atomic E-state index is 12.1. The van der Waals surface area contributed by atoms with Crippen molar-refractivity contribution in [1.82, 2.24) is 10.2 Å². The molecular formula is C16H26Cl2N2O. The van der Waals surface area contributed by atoms with Crippen molar-refractivity contribution in [3.05, 3.63) is 35.9 Å². The predicted molar refractivity (Wildman–Crippen MR) is 93.0 cm³/mol. The highest BCUT2D eigenvalue weighted by molar-refractivity contribution is 5.96. The van der Waals surface area contributed by atoms with Crippen LogP contribution in [0.25, 0.3) is 0 Å². The van der Waals surface area contributed by atoms with Gasteiger partial charge in [-0.25, -0.2) is 0 Å². The van der Waals surface area contributed by atoms with Crippen LogP contribution in [0.4, 0.5) is 0 Å². The van der Waals surface area contributed by atoms with Crippen molar-refractivity contribution in [2.45, 2.75) is 32.2 Å². The van der Waals surface area contributed by atoms with Gasteiger partial charge in [0.25, 0.3) is 0 Å². The molecule has 0 amide bonds. The molecule has 0 saturated carbocycles. The first-order valence-corrected chi connectivity index (χ1v) is 7.34. The molecule has 1 saturated heterocycles. The number of hydrogen-bond donors (Lipinski definition) is 1. The number of carbonyl (C=O) groups excluding carboxylic acids is 1. The van der Waals surface area contributed by atoms with E-state index in [9.17, 15) is 4.79 Å². The molecule has 1 fully saturated rings. The lowest BCUT2D eigenvalue weighted by Crippen LogP contribution is -2.51. The number of carbonyl (C=O) groups is 1. The van der Waals surface area contributed by atoms with Crippen LogP contribution in [0, 0.1) is 0 Å². The number of rotatable bonds is 6. The van der Waals surface area contributed by atoms with Crippen LogP contribution in [0.1, 0.15) is 36.5 Å². The molecule has 0 aromatic heterocycles. The first-order chi connectivity index (χ1) is 9.31. The highest BCUT2D eigenvalue weighted by Gasteiger charge is 2.21. The van der Waals surface area contributed by atoms with Crippen LogP contribution in [0.5, 0.6) is 0 Å². The number of Topliss-reactive ketones (excluding diaryl/α,β-unsaturated/α-hetero) is 1. The molecule has 0 spiro atoms. The monoisotopic (exact) mass is 332 g/mol. The van der Waals surface area contributed by atoms with E-state index in [0.717, 1.165) is 31.7 Å². The molecule has 0 aliphatic carbocycles. The Hall–Kier alpha value is -0.610. The molecule has 1 atom stereocenters. The van der Waals surface area contributed by atoms with Crippen LogP contribution in [-0.2, 0) is 0 Å². The van der Waals surface area contributed by atoms with Gasteiger partial charge in [0, 0.05) is 44.2 Å². The Kier molecular flexibility index (Phi) is 10.7. The van der Waals surface area contributed by atoms with Gasteiger partial charge >= 0.3 is 0 Å². The van der Waals surface area contributed by atoms with Gasteiger partial charge in [-0.2, -0.15) is 0 Å². The summed E-state index contributed by atoms with van der Waals surface area (Å²) in [4.78, 5) is 14.6. The third-order valence-electron chi connectivity index (χ3n) is 3.82. The van der Waals surface area contributed by atoms with Crippen molar-refractivity contribution in [2.24, 2.45) is 0 Å². The van der Waals surface area contributed by atoms with Crippen LogP contribution in [0.15, 0.2) is 30.3 Å². The van der Waals surface area contributed by atoms with E-state index < -0.39 is 0 Å². The first kappa shape index (κ1) is 20.4. The standard InChI is InChI=1S/C16H24N2O.2ClH/c1-2-6-15-13-17-10-12-18(15)11-9-16(19)14-7-4-3-5-8-14;;/h3-5,7-8,15,17H,2,6,9-13H2,1H3;2*1H. The summed E-state index contributed by atoms with van der Waals surface area (Å²) in [5.74, 6) is 0.259. The van der Waals surface area contributed by atoms with Crippen molar-refractivity contribution < 1.29 is 4.79 Å². The van der Waals surface area contributed by atoms with Gasteiger partial charge < -0.3 is 5.32 Å². The number of hydrogen-bond acceptors (Lipinski definition) is 3. The molecule has 1 aliphatic rings. The van der Waals surface area contributed by atoms with E-state index in [1.54, 1.807) is 0 Å². The Morgan fingerprint density at radius 2 is 2.00 bits per heavy atom. The minimum absolute atomic E-state index is 0. The van der Waals surface area contributed by atoms with Crippen molar-refractivity contribution in [3.63, 3.8) is 0 Å². The molecule has 1 aromatic rings. The largest absolute Gasteiger partial charge is 0.314 e. The first-order valence-electron chi connectivity index (χ1n) is 7.34. The predicted octanol–water partition coefficient (Wildman–Crippen LogP) is 3.18. The smallest absolute Gasteiger partial charge is 0.164 e. The molecule has 1 heterocycles. The summed E-state index contributed by atoms with van der Waals surface area (Å²) in [5.41, 5.74) is 0.838. The molecule has 1 N–H and O–H groups in total. The van der Waals surface area contributed by atoms with E-state index >= 15 is 0 Å². The molecule has 1 unspecified atom stereocenters. The second-order valence-electron chi connectivity index (χ2n) is 5.22. The number of nitrogens with zero attached hydrogens (tertiary/aromatic N) is 1. The lowest BCUT2D eigenvalue weighted by Gasteiger charge is -2.36. The van der Waals surface area contributed by atoms with E-state index in [1.807, 2.05) is 30.3 Å². The van der Waals surface area contributed by atoms with Crippen LogP contribution >= 0.6 is 24.8 Å². The highest BCUT2D eigenvalue weighted by atomic mass is 35.5. The average Bonchev–Trinajstić information content (AvgIpc) is 2.47. The molecule has 3 nitrogen and oxygen atoms in total. The second-order valence-corrected chi connectivity index (χ2v) is 5.22. The zero-order chi connectivity index (χ0) is 13.5. The van der Waals surface area contributed by atoms with Gasteiger partial charge in [-0.1, -0.05) is 43.7 Å². The highest BCUT2D eigenvalue weighted by Crippen LogP contribution is 2.11. The number of nitrogens with one attached hydrogen (secondary N) is 1. The van der Waals surface area contributed by atoms with Crippen LogP contribution in [0.3, 0.4) is 0 Å². The minimum Gasteiger partial charge on any atom is -0.314 e. The molecular weight excluding hydrogens is 307 g/mol. The molecule has 2 rings (SSSR count). The van der Waals surface area contributed by atoms with Crippen molar-refractivity contribution in [1.29, 1.82) is 0 Å². The maximum absolute atomic E-state index is 12.1. The van der Waals surface area contributed by atoms with Crippen LogP contribution < -0.4 is 5.32 Å². The van der Waals surface area contributed by atoms with Crippen molar-refractivity contribution >= 4 is 30.6 Å². The van der Waals surface area contributed by atoms with E-state index in [1.165, 1.54) is 12.8 Å². The normalized spacial score (nSPS) is 18.4. The zero-order valence-electron chi connectivity index (χ0n) is 12.6. The van der Waals surface area contributed by atoms with Crippen LogP contribution in [0.2, 0.25) is 0 Å². The van der Waals surface area contributed by atoms with E-state index in [2.05, 4.69) is 17.1 Å². The van der Waals surface area contributed by atoms with E-state index in [4.69, 9.17) is 0 Å². The van der Waals surface area contributed by atoms with Gasteiger partial charge in [0.15, 0.2) is 5.78 Å². The summed E-state index contributed by atoms with van der Waals surface area (Å²) in [5, 5.41) is 3.44. The van der Waals surface area contributed by atoms with Gasteiger partial charge in [0.2, 0.25) is 0 Å². The third kappa shape index (κ3) is 6.35. The summed E-state index contributed by atoms with van der Waals surface area (Å²) < 4.78 is 0. The summed E-state index contributed by atoms with van der Waals surface area (Å²) >= 11 is 0. The van der Waals surface area contributed by atoms with Crippen molar-refractivity contribution in [3.8, 4) is 0 Å². The average molecular weight is 333 g/mol. The molecule has 5 heteroatoms.